The van der Waals surface area contributed by atoms with E-state index in [0.717, 1.165) is 23.8 Å². The molecule has 2 rings (SSSR count). The Kier molecular flexibility index (Phi) is 3.79. The lowest BCUT2D eigenvalue weighted by atomic mass is 10.1. The van der Waals surface area contributed by atoms with Crippen molar-refractivity contribution in [3.05, 3.63) is 46.0 Å². The van der Waals surface area contributed by atoms with Crippen molar-refractivity contribution in [2.45, 2.75) is 27.2 Å². The highest BCUT2D eigenvalue weighted by atomic mass is 32.1. The van der Waals surface area contributed by atoms with Crippen LogP contribution >= 0.6 is 11.3 Å². The van der Waals surface area contributed by atoms with Gasteiger partial charge in [0.15, 0.2) is 5.13 Å². The van der Waals surface area contributed by atoms with Crippen LogP contribution in [0.5, 0.6) is 0 Å². The Morgan fingerprint density at radius 1 is 1.24 bits per heavy atom. The van der Waals surface area contributed by atoms with E-state index in [1.165, 1.54) is 16.0 Å². The first-order chi connectivity index (χ1) is 8.15. The summed E-state index contributed by atoms with van der Waals surface area (Å²) in [6.45, 7) is 7.23. The molecule has 0 saturated heterocycles. The van der Waals surface area contributed by atoms with E-state index in [1.54, 1.807) is 11.3 Å². The molecule has 1 aromatic carbocycles. The monoisotopic (exact) mass is 246 g/mol. The van der Waals surface area contributed by atoms with Crippen LogP contribution in [0.1, 0.15) is 21.7 Å². The van der Waals surface area contributed by atoms with Crippen molar-refractivity contribution < 1.29 is 0 Å². The minimum Gasteiger partial charge on any atom is -0.361 e. The van der Waals surface area contributed by atoms with Crippen LogP contribution in [0.15, 0.2) is 24.3 Å². The van der Waals surface area contributed by atoms with Crippen LogP contribution in [-0.2, 0) is 6.42 Å². The van der Waals surface area contributed by atoms with Crippen molar-refractivity contribution in [1.29, 1.82) is 0 Å². The van der Waals surface area contributed by atoms with Crippen LogP contribution in [0.4, 0.5) is 5.13 Å². The molecule has 0 spiro atoms. The number of hydrogen-bond acceptors (Lipinski definition) is 3. The van der Waals surface area contributed by atoms with Crippen molar-refractivity contribution in [2.75, 3.05) is 11.9 Å². The molecule has 3 heteroatoms. The number of nitrogens with zero attached hydrogens (tertiary/aromatic N) is 1. The van der Waals surface area contributed by atoms with Gasteiger partial charge in [0.2, 0.25) is 0 Å². The average molecular weight is 246 g/mol. The second kappa shape index (κ2) is 5.32. The maximum Gasteiger partial charge on any atom is 0.183 e. The molecule has 0 atom stereocenters. The summed E-state index contributed by atoms with van der Waals surface area (Å²) in [4.78, 5) is 5.76. The molecule has 0 unspecified atom stereocenters. The van der Waals surface area contributed by atoms with Gasteiger partial charge in [0.25, 0.3) is 0 Å². The lowest BCUT2D eigenvalue weighted by molar-refractivity contribution is 1.01. The number of rotatable bonds is 4. The third-order valence-corrected chi connectivity index (χ3v) is 3.83. The Hall–Kier alpha value is -1.35. The lowest BCUT2D eigenvalue weighted by Crippen LogP contribution is -2.04. The SMILES string of the molecule is Cc1cccc(CCNc2nc(C)c(C)s2)c1. The number of nitrogens with one attached hydrogen (secondary N) is 1. The standard InChI is InChI=1S/C14H18N2S/c1-10-5-4-6-13(9-10)7-8-15-14-16-11(2)12(3)17-14/h4-6,9H,7-8H2,1-3H3,(H,15,16). The molecule has 2 nitrogen and oxygen atoms in total. The van der Waals surface area contributed by atoms with Gasteiger partial charge in [-0.15, -0.1) is 11.3 Å². The molecule has 0 radical (unpaired) electrons. The molecule has 2 aromatic rings. The van der Waals surface area contributed by atoms with Crippen molar-refractivity contribution in [2.24, 2.45) is 0 Å². The Morgan fingerprint density at radius 3 is 2.71 bits per heavy atom. The Morgan fingerprint density at radius 2 is 2.06 bits per heavy atom. The first-order valence-electron chi connectivity index (χ1n) is 5.88. The molecule has 0 saturated carbocycles. The molecular weight excluding hydrogens is 228 g/mol. The van der Waals surface area contributed by atoms with Crippen molar-refractivity contribution in [1.82, 2.24) is 4.98 Å². The highest BCUT2D eigenvalue weighted by molar-refractivity contribution is 7.15. The zero-order valence-corrected chi connectivity index (χ0v) is 11.4. The Labute approximate surface area is 107 Å². The van der Waals surface area contributed by atoms with E-state index in [0.29, 0.717) is 0 Å². The average Bonchev–Trinajstić information content (AvgIpc) is 2.58. The number of benzene rings is 1. The van der Waals surface area contributed by atoms with E-state index >= 15 is 0 Å². The van der Waals surface area contributed by atoms with Gasteiger partial charge >= 0.3 is 0 Å². The topological polar surface area (TPSA) is 24.9 Å². The predicted octanol–water partition coefficient (Wildman–Crippen LogP) is 3.72. The summed E-state index contributed by atoms with van der Waals surface area (Å²) < 4.78 is 0. The van der Waals surface area contributed by atoms with Crippen LogP contribution in [-0.4, -0.2) is 11.5 Å². The normalized spacial score (nSPS) is 10.5. The Bertz CT molecular complexity index is 483. The number of thiazole rings is 1. The van der Waals surface area contributed by atoms with Crippen LogP contribution in [0, 0.1) is 20.8 Å². The van der Waals surface area contributed by atoms with Gasteiger partial charge in [0, 0.05) is 11.4 Å². The van der Waals surface area contributed by atoms with Gasteiger partial charge in [-0.25, -0.2) is 4.98 Å². The molecule has 0 amide bonds. The fourth-order valence-electron chi connectivity index (χ4n) is 1.73. The first-order valence-corrected chi connectivity index (χ1v) is 6.70. The van der Waals surface area contributed by atoms with Gasteiger partial charge in [-0.3, -0.25) is 0 Å². The minimum absolute atomic E-state index is 0.940. The molecular formula is C14H18N2S. The quantitative estimate of drug-likeness (QED) is 0.889. The van der Waals surface area contributed by atoms with Crippen LogP contribution in [0.3, 0.4) is 0 Å². The van der Waals surface area contributed by atoms with Gasteiger partial charge in [0.05, 0.1) is 5.69 Å². The Balaban J connectivity index is 1.87. The summed E-state index contributed by atoms with van der Waals surface area (Å²) in [5, 5.41) is 4.42. The maximum absolute atomic E-state index is 4.47. The zero-order chi connectivity index (χ0) is 12.3. The van der Waals surface area contributed by atoms with E-state index in [2.05, 4.69) is 55.3 Å². The summed E-state index contributed by atoms with van der Waals surface area (Å²) in [6.07, 6.45) is 1.04. The molecule has 1 N–H and O–H groups in total. The highest BCUT2D eigenvalue weighted by Crippen LogP contribution is 2.20. The molecule has 90 valence electrons. The van der Waals surface area contributed by atoms with Crippen LogP contribution in [0.25, 0.3) is 0 Å². The maximum atomic E-state index is 4.47. The number of anilines is 1. The zero-order valence-electron chi connectivity index (χ0n) is 10.6. The third-order valence-electron chi connectivity index (χ3n) is 2.80. The fraction of sp³-hybridized carbons (Fsp3) is 0.357. The lowest BCUT2D eigenvalue weighted by Gasteiger charge is -2.03. The summed E-state index contributed by atoms with van der Waals surface area (Å²) in [5.41, 5.74) is 3.83. The molecule has 1 heterocycles. The second-order valence-electron chi connectivity index (χ2n) is 4.33. The molecule has 0 aliphatic rings. The van der Waals surface area contributed by atoms with E-state index in [1.807, 2.05) is 0 Å². The van der Waals surface area contributed by atoms with Crippen LogP contribution in [0.2, 0.25) is 0 Å². The van der Waals surface area contributed by atoms with Gasteiger partial charge in [-0.05, 0) is 32.8 Å². The van der Waals surface area contributed by atoms with Crippen molar-refractivity contribution in [3.63, 3.8) is 0 Å². The first kappa shape index (κ1) is 12.1. The molecule has 0 fully saturated rings. The number of aryl methyl sites for hydroxylation is 3. The van der Waals surface area contributed by atoms with E-state index in [9.17, 15) is 0 Å². The summed E-state index contributed by atoms with van der Waals surface area (Å²) in [6, 6.07) is 8.65. The molecule has 0 aliphatic heterocycles. The van der Waals surface area contributed by atoms with Gasteiger partial charge in [0.1, 0.15) is 0 Å². The van der Waals surface area contributed by atoms with E-state index in [4.69, 9.17) is 0 Å². The van der Waals surface area contributed by atoms with Gasteiger partial charge < -0.3 is 5.32 Å². The van der Waals surface area contributed by atoms with Gasteiger partial charge in [-0.2, -0.15) is 0 Å². The third kappa shape index (κ3) is 3.30. The number of hydrogen-bond donors (Lipinski definition) is 1. The number of aromatic nitrogens is 1. The summed E-state index contributed by atoms with van der Waals surface area (Å²) >= 11 is 1.73. The molecule has 0 aliphatic carbocycles. The molecule has 1 aromatic heterocycles. The molecule has 0 bridgehead atoms. The fourth-order valence-corrected chi connectivity index (χ4v) is 2.57. The second-order valence-corrected chi connectivity index (χ2v) is 5.53. The highest BCUT2D eigenvalue weighted by Gasteiger charge is 2.02. The molecule has 17 heavy (non-hydrogen) atoms. The van der Waals surface area contributed by atoms with Gasteiger partial charge in [-0.1, -0.05) is 29.8 Å². The predicted molar refractivity (Wildman–Crippen MR) is 75.0 cm³/mol. The van der Waals surface area contributed by atoms with Crippen molar-refractivity contribution >= 4 is 16.5 Å². The van der Waals surface area contributed by atoms with E-state index < -0.39 is 0 Å². The largest absolute Gasteiger partial charge is 0.361 e. The summed E-state index contributed by atoms with van der Waals surface area (Å²) in [5.74, 6) is 0. The van der Waals surface area contributed by atoms with Crippen molar-refractivity contribution in [3.8, 4) is 0 Å². The minimum atomic E-state index is 0.940. The smallest absolute Gasteiger partial charge is 0.183 e. The summed E-state index contributed by atoms with van der Waals surface area (Å²) in [7, 11) is 0. The van der Waals surface area contributed by atoms with Crippen LogP contribution < -0.4 is 5.32 Å². The van der Waals surface area contributed by atoms with E-state index in [-0.39, 0.29) is 0 Å².